The molecular weight excluding hydrogens is 753 g/mol. The predicted octanol–water partition coefficient (Wildman–Crippen LogP) is -1.85. The molecule has 3 amide bonds. The van der Waals surface area contributed by atoms with Gasteiger partial charge in [0.15, 0.2) is 11.5 Å². The summed E-state index contributed by atoms with van der Waals surface area (Å²) in [5, 5.41) is 51.6. The van der Waals surface area contributed by atoms with Crippen LogP contribution in [-0.4, -0.2) is 126 Å². The SMILES string of the molecule is C[C@H](O/N=C(\C(=O)N[C@@H]1C(=O)N2C(C(=O)O)=C(CN3C=C(NCCNC(=O)c4cc(=O)c(O)cn4O)C(N)=NC3)CSC12)C1=CSC(N)=CC=C1)C(=O)O. The van der Waals surface area contributed by atoms with Gasteiger partial charge in [0.1, 0.15) is 35.3 Å². The van der Waals surface area contributed by atoms with Gasteiger partial charge in [0.05, 0.1) is 16.9 Å². The van der Waals surface area contributed by atoms with Crippen LogP contribution in [0.25, 0.3) is 0 Å². The summed E-state index contributed by atoms with van der Waals surface area (Å²) in [5.41, 5.74) is 11.0. The number of carbonyl (C=O) groups excluding carboxylic acids is 3. The van der Waals surface area contributed by atoms with Crippen molar-refractivity contribution in [1.82, 2.24) is 30.5 Å². The minimum atomic E-state index is -1.39. The first-order valence-electron chi connectivity index (χ1n) is 15.8. The van der Waals surface area contributed by atoms with Crippen LogP contribution in [0.4, 0.5) is 0 Å². The minimum absolute atomic E-state index is 0.0145. The molecule has 0 radical (unpaired) electrons. The first-order chi connectivity index (χ1) is 25.7. The van der Waals surface area contributed by atoms with Crippen LogP contribution in [0.5, 0.6) is 5.75 Å². The van der Waals surface area contributed by atoms with Gasteiger partial charge in [0.2, 0.25) is 11.5 Å². The van der Waals surface area contributed by atoms with Gasteiger partial charge in [-0.2, -0.15) is 4.73 Å². The third-order valence-electron chi connectivity index (χ3n) is 7.91. The average Bonchev–Trinajstić information content (AvgIpc) is 3.35. The number of fused-ring (bicyclic) bond motifs is 1. The fourth-order valence-electron chi connectivity index (χ4n) is 5.17. The number of allylic oxidation sites excluding steroid dienone is 3. The number of carboxylic acid groups (broad SMARTS) is 2. The normalized spacial score (nSPS) is 20.2. The maximum absolute atomic E-state index is 13.5. The van der Waals surface area contributed by atoms with E-state index in [1.165, 1.54) is 30.2 Å². The number of thioether (sulfide) groups is 2. The van der Waals surface area contributed by atoms with Crippen LogP contribution >= 0.6 is 23.5 Å². The van der Waals surface area contributed by atoms with E-state index in [4.69, 9.17) is 16.3 Å². The molecule has 0 aliphatic carbocycles. The number of nitrogens with two attached hydrogens (primary N) is 2. The molecule has 21 nitrogen and oxygen atoms in total. The third kappa shape index (κ3) is 8.63. The Morgan fingerprint density at radius 2 is 1.94 bits per heavy atom. The highest BCUT2D eigenvalue weighted by molar-refractivity contribution is 8.05. The van der Waals surface area contributed by atoms with Crippen molar-refractivity contribution in [3.8, 4) is 5.75 Å². The van der Waals surface area contributed by atoms with Crippen molar-refractivity contribution in [2.75, 3.05) is 32.1 Å². The number of aliphatic carboxylic acids is 2. The van der Waals surface area contributed by atoms with Crippen LogP contribution < -0.4 is 32.8 Å². The van der Waals surface area contributed by atoms with Crippen molar-refractivity contribution >= 4 is 64.7 Å². The number of β-lactam (4-membered cyclic amide) rings is 1. The quantitative estimate of drug-likeness (QED) is 0.0329. The summed E-state index contributed by atoms with van der Waals surface area (Å²) >= 11 is 2.31. The number of rotatable bonds is 14. The Morgan fingerprint density at radius 3 is 2.67 bits per heavy atom. The Kier molecular flexibility index (Phi) is 11.9. The number of aromatic hydroxyl groups is 1. The Labute approximate surface area is 313 Å². The molecule has 0 aromatic carbocycles. The number of hydrogen-bond donors (Lipinski definition) is 9. The van der Waals surface area contributed by atoms with Gasteiger partial charge in [0, 0.05) is 43.2 Å². The Morgan fingerprint density at radius 1 is 1.19 bits per heavy atom. The number of amidine groups is 1. The zero-order valence-electron chi connectivity index (χ0n) is 28.2. The molecule has 0 spiro atoms. The molecule has 5 heterocycles. The minimum Gasteiger partial charge on any atom is -0.503 e. The molecular formula is C31H34N10O11S2. The number of oxime groups is 1. The summed E-state index contributed by atoms with van der Waals surface area (Å²) in [6.45, 7) is 1.47. The summed E-state index contributed by atoms with van der Waals surface area (Å²) in [7, 11) is 0. The van der Waals surface area contributed by atoms with Crippen LogP contribution in [-0.2, 0) is 24.0 Å². The van der Waals surface area contributed by atoms with Gasteiger partial charge in [-0.3, -0.25) is 24.1 Å². The monoisotopic (exact) mass is 786 g/mol. The highest BCUT2D eigenvalue weighted by atomic mass is 32.2. The molecule has 5 rings (SSSR count). The van der Waals surface area contributed by atoms with Gasteiger partial charge in [-0.05, 0) is 24.0 Å². The fraction of sp³-hybridized carbons (Fsp3) is 0.290. The topological polar surface area (TPSA) is 317 Å². The largest absolute Gasteiger partial charge is 0.503 e. The molecule has 0 bridgehead atoms. The van der Waals surface area contributed by atoms with E-state index >= 15 is 0 Å². The Bertz CT molecular complexity index is 2060. The number of aliphatic imine (C=N–C) groups is 1. The maximum Gasteiger partial charge on any atom is 0.352 e. The second-order valence-corrected chi connectivity index (χ2v) is 13.7. The van der Waals surface area contributed by atoms with E-state index in [-0.39, 0.29) is 54.9 Å². The second-order valence-electron chi connectivity index (χ2n) is 11.7. The van der Waals surface area contributed by atoms with Crippen molar-refractivity contribution in [2.45, 2.75) is 24.4 Å². The zero-order valence-corrected chi connectivity index (χ0v) is 29.8. The Hall–Kier alpha value is -6.36. The van der Waals surface area contributed by atoms with Crippen molar-refractivity contribution in [2.24, 2.45) is 21.6 Å². The molecule has 286 valence electrons. The number of nitrogens with one attached hydrogen (secondary N) is 3. The van der Waals surface area contributed by atoms with Crippen LogP contribution in [0.3, 0.4) is 0 Å². The first-order valence-corrected chi connectivity index (χ1v) is 17.7. The number of amides is 3. The number of carboxylic acids is 2. The molecule has 1 aromatic heterocycles. The van der Waals surface area contributed by atoms with Crippen molar-refractivity contribution < 1.29 is 49.3 Å². The van der Waals surface area contributed by atoms with E-state index in [1.807, 2.05) is 0 Å². The number of aromatic nitrogens is 1. The zero-order chi connectivity index (χ0) is 39.3. The summed E-state index contributed by atoms with van der Waals surface area (Å²) in [4.78, 5) is 86.7. The molecule has 1 fully saturated rings. The second kappa shape index (κ2) is 16.5. The summed E-state index contributed by atoms with van der Waals surface area (Å²) in [5.74, 6) is -5.44. The molecule has 54 heavy (non-hydrogen) atoms. The lowest BCUT2D eigenvalue weighted by Crippen LogP contribution is -2.71. The summed E-state index contributed by atoms with van der Waals surface area (Å²) in [6.07, 6.45) is 5.54. The van der Waals surface area contributed by atoms with E-state index in [2.05, 4.69) is 26.1 Å². The standard InChI is InChI=1S/C31H34N10O11S2/c1-14(30(47)48)52-38-22(15-3-2-4-21(32)53-11-15)27(45)37-23-28(46)41-24(31(49)50)16(12-54-29(23)41)8-39-9-17(25(33)36-13-39)34-5-6-35-26(44)18-7-19(42)20(43)10-40(18)51/h2-4,7,9-11,14,23,29,34,43,51H,5-6,8,12-13,32H2,1H3,(H2,33,36)(H,35,44)(H,37,45)(H,47,48)(H,49,50)/b38-22-/t14-,23+,29?/m0/s1. The van der Waals surface area contributed by atoms with Crippen LogP contribution in [0.1, 0.15) is 17.4 Å². The molecule has 1 saturated heterocycles. The van der Waals surface area contributed by atoms with Gasteiger partial charge < -0.3 is 57.7 Å². The first kappa shape index (κ1) is 38.9. The third-order valence-corrected chi connectivity index (χ3v) is 10.0. The lowest BCUT2D eigenvalue weighted by Gasteiger charge is -2.49. The summed E-state index contributed by atoms with van der Waals surface area (Å²) < 4.78 is 0.318. The van der Waals surface area contributed by atoms with Crippen LogP contribution in [0.15, 0.2) is 84.6 Å². The smallest absolute Gasteiger partial charge is 0.352 e. The molecule has 4 aliphatic heterocycles. The van der Waals surface area contributed by atoms with E-state index in [0.717, 1.165) is 22.7 Å². The molecule has 23 heteroatoms. The molecule has 3 atom stereocenters. The van der Waals surface area contributed by atoms with Crippen LogP contribution in [0, 0.1) is 0 Å². The highest BCUT2D eigenvalue weighted by Crippen LogP contribution is 2.40. The predicted molar refractivity (Wildman–Crippen MR) is 194 cm³/mol. The molecule has 11 N–H and O–H groups in total. The molecule has 4 aliphatic rings. The van der Waals surface area contributed by atoms with E-state index in [9.17, 15) is 49.3 Å². The number of hydrogen-bond acceptors (Lipinski definition) is 17. The van der Waals surface area contributed by atoms with E-state index in [1.54, 1.807) is 23.3 Å². The van der Waals surface area contributed by atoms with Gasteiger partial charge in [-0.15, -0.1) is 11.8 Å². The number of carbonyl (C=O) groups is 5. The van der Waals surface area contributed by atoms with E-state index in [0.29, 0.717) is 27.2 Å². The lowest BCUT2D eigenvalue weighted by molar-refractivity contribution is -0.150. The van der Waals surface area contributed by atoms with Crippen LogP contribution in [0.2, 0.25) is 0 Å². The molecule has 0 saturated carbocycles. The van der Waals surface area contributed by atoms with Gasteiger partial charge >= 0.3 is 11.9 Å². The van der Waals surface area contributed by atoms with Crippen molar-refractivity contribution in [3.63, 3.8) is 0 Å². The molecule has 1 aromatic rings. The number of nitrogens with zero attached hydrogens (tertiary/aromatic N) is 5. The van der Waals surface area contributed by atoms with Crippen molar-refractivity contribution in [1.29, 1.82) is 0 Å². The lowest BCUT2D eigenvalue weighted by atomic mass is 10.0. The highest BCUT2D eigenvalue weighted by Gasteiger charge is 2.54. The average molecular weight is 787 g/mol. The fourth-order valence-corrected chi connectivity index (χ4v) is 7.12. The number of pyridine rings is 1. The molecule has 1 unspecified atom stereocenters. The van der Waals surface area contributed by atoms with E-state index < -0.39 is 64.1 Å². The van der Waals surface area contributed by atoms with Gasteiger partial charge in [0.25, 0.3) is 17.7 Å². The van der Waals surface area contributed by atoms with Crippen molar-refractivity contribution in [3.05, 3.63) is 85.6 Å². The summed E-state index contributed by atoms with van der Waals surface area (Å²) in [6, 6.07) is -0.363. The van der Waals surface area contributed by atoms with Gasteiger partial charge in [-0.25, -0.2) is 14.6 Å². The maximum atomic E-state index is 13.5. The van der Waals surface area contributed by atoms with Gasteiger partial charge in [-0.1, -0.05) is 29.1 Å². The Balaban J connectivity index is 1.23.